The maximum Gasteiger partial charge on any atom is 0.573 e. The molecule has 0 spiro atoms. The summed E-state index contributed by atoms with van der Waals surface area (Å²) >= 11 is 1.36. The van der Waals surface area contributed by atoms with Crippen LogP contribution in [0.4, 0.5) is 23.7 Å². The fourth-order valence-corrected chi connectivity index (χ4v) is 6.28. The topological polar surface area (TPSA) is 105 Å². The van der Waals surface area contributed by atoms with Gasteiger partial charge < -0.3 is 15.2 Å². The quantitative estimate of drug-likeness (QED) is 0.180. The van der Waals surface area contributed by atoms with Crippen molar-refractivity contribution in [2.24, 2.45) is 4.99 Å². The number of nitrogens with zero attached hydrogens (tertiary/aromatic N) is 5. The van der Waals surface area contributed by atoms with Crippen molar-refractivity contribution in [3.05, 3.63) is 89.7 Å². The summed E-state index contributed by atoms with van der Waals surface area (Å²) < 4.78 is 42.8. The number of carbonyl (C=O) groups excluding carboxylic acids is 1. The third-order valence-corrected chi connectivity index (χ3v) is 8.63. The second-order valence-corrected chi connectivity index (χ2v) is 12.8. The third kappa shape index (κ3) is 8.92. The first kappa shape index (κ1) is 34.0. The first-order valence-electron chi connectivity index (χ1n) is 15.3. The number of amides is 2. The number of rotatable bonds is 10. The Morgan fingerprint density at radius 2 is 1.89 bits per heavy atom. The lowest BCUT2D eigenvalue weighted by molar-refractivity contribution is -0.274. The molecule has 0 bridgehead atoms. The van der Waals surface area contributed by atoms with Crippen molar-refractivity contribution in [2.75, 3.05) is 10.7 Å². The van der Waals surface area contributed by atoms with E-state index in [-0.39, 0.29) is 17.7 Å². The Kier molecular flexibility index (Phi) is 10.6. The van der Waals surface area contributed by atoms with Crippen LogP contribution in [0.5, 0.6) is 5.75 Å². The molecule has 13 heteroatoms. The number of hydrogen-bond donors (Lipinski definition) is 2. The van der Waals surface area contributed by atoms with E-state index in [1.54, 1.807) is 4.90 Å². The van der Waals surface area contributed by atoms with E-state index in [4.69, 9.17) is 0 Å². The summed E-state index contributed by atoms with van der Waals surface area (Å²) in [7, 11) is 0. The highest BCUT2D eigenvalue weighted by atomic mass is 32.2. The zero-order chi connectivity index (χ0) is 33.7. The summed E-state index contributed by atoms with van der Waals surface area (Å²) in [5, 5.41) is 18.7. The summed E-state index contributed by atoms with van der Waals surface area (Å²) in [6.45, 7) is 8.14. The lowest BCUT2D eigenvalue weighted by Crippen LogP contribution is -2.37. The number of ether oxygens (including phenoxy) is 1. The Morgan fingerprint density at radius 3 is 2.62 bits per heavy atom. The smallest absolute Gasteiger partial charge is 0.406 e. The molecule has 9 nitrogen and oxygen atoms in total. The van der Waals surface area contributed by atoms with Gasteiger partial charge in [-0.15, -0.1) is 18.3 Å². The molecule has 248 valence electrons. The number of aliphatic hydroxyl groups is 1. The predicted octanol–water partition coefficient (Wildman–Crippen LogP) is 7.61. The number of aryl methyl sites for hydroxylation is 2. The Morgan fingerprint density at radius 1 is 1.13 bits per heavy atom. The van der Waals surface area contributed by atoms with E-state index in [1.807, 2.05) is 50.2 Å². The van der Waals surface area contributed by atoms with E-state index in [0.29, 0.717) is 22.4 Å². The first-order chi connectivity index (χ1) is 22.4. The molecule has 1 fully saturated rings. The highest BCUT2D eigenvalue weighted by Crippen LogP contribution is 2.36. The number of amidine groups is 1. The van der Waals surface area contributed by atoms with E-state index in [2.05, 4.69) is 45.0 Å². The largest absolute Gasteiger partial charge is 0.573 e. The molecule has 4 aromatic rings. The lowest BCUT2D eigenvalue weighted by Gasteiger charge is -2.26. The fourth-order valence-electron chi connectivity index (χ4n) is 5.32. The molecule has 1 saturated heterocycles. The van der Waals surface area contributed by atoms with Crippen LogP contribution in [0.1, 0.15) is 56.2 Å². The van der Waals surface area contributed by atoms with Crippen molar-refractivity contribution in [3.63, 3.8) is 0 Å². The number of alkyl halides is 3. The molecule has 3 aromatic carbocycles. The molecule has 0 saturated carbocycles. The molecule has 0 aliphatic carbocycles. The van der Waals surface area contributed by atoms with Crippen molar-refractivity contribution in [1.82, 2.24) is 20.1 Å². The van der Waals surface area contributed by atoms with Gasteiger partial charge in [-0.05, 0) is 92.1 Å². The van der Waals surface area contributed by atoms with Gasteiger partial charge in [0.1, 0.15) is 18.3 Å². The van der Waals surface area contributed by atoms with E-state index < -0.39 is 18.6 Å². The van der Waals surface area contributed by atoms with Gasteiger partial charge in [0, 0.05) is 23.0 Å². The van der Waals surface area contributed by atoms with Crippen molar-refractivity contribution in [2.45, 2.75) is 71.5 Å². The normalized spacial score (nSPS) is 16.6. The van der Waals surface area contributed by atoms with Crippen LogP contribution in [-0.4, -0.2) is 55.5 Å². The summed E-state index contributed by atoms with van der Waals surface area (Å²) in [6, 6.07) is 18.8. The minimum Gasteiger partial charge on any atom is -0.406 e. The average Bonchev–Trinajstić information content (AvgIpc) is 3.64. The number of thioether (sulfide) groups is 1. The highest BCUT2D eigenvalue weighted by molar-refractivity contribution is 8.14. The van der Waals surface area contributed by atoms with Crippen LogP contribution < -0.4 is 15.0 Å². The van der Waals surface area contributed by atoms with Crippen LogP contribution in [0.2, 0.25) is 0 Å². The van der Waals surface area contributed by atoms with Crippen molar-refractivity contribution in [3.8, 4) is 22.8 Å². The van der Waals surface area contributed by atoms with Gasteiger partial charge in [-0.25, -0.2) is 14.5 Å². The standard InChI is InChI=1S/C34H37F3N6O3S/c1-21(2)28-16-11-22(3)17-29(28)43-30(44)19-47-33(43)40-32(45)39-23(4)7-5-8-24-9-6-10-25(18-24)31-38-20-42(41-31)26-12-14-27(15-13-26)46-34(35,36)37/h6,9-18,20-21,23,30,44H,5,7-8,19H2,1-4H3,(H,39,45)/b40-33-. The van der Waals surface area contributed by atoms with E-state index in [1.165, 1.54) is 47.0 Å². The summed E-state index contributed by atoms with van der Waals surface area (Å²) in [5.41, 5.74) is 5.45. The summed E-state index contributed by atoms with van der Waals surface area (Å²) in [4.78, 5) is 23.4. The number of carbonyl (C=O) groups is 1. The summed E-state index contributed by atoms with van der Waals surface area (Å²) in [5.74, 6) is 0.839. The predicted molar refractivity (Wildman–Crippen MR) is 178 cm³/mol. The molecule has 1 aliphatic rings. The molecular weight excluding hydrogens is 629 g/mol. The third-order valence-electron chi connectivity index (χ3n) is 7.61. The van der Waals surface area contributed by atoms with Gasteiger partial charge >= 0.3 is 12.4 Å². The van der Waals surface area contributed by atoms with E-state index >= 15 is 0 Å². The van der Waals surface area contributed by atoms with Gasteiger partial charge in [0.05, 0.1) is 5.69 Å². The molecule has 0 radical (unpaired) electrons. The number of urea groups is 1. The molecule has 1 aromatic heterocycles. The minimum absolute atomic E-state index is 0.115. The fraction of sp³-hybridized carbons (Fsp3) is 0.353. The van der Waals surface area contributed by atoms with Crippen LogP contribution in [0.3, 0.4) is 0 Å². The second-order valence-electron chi connectivity index (χ2n) is 11.8. The molecule has 5 rings (SSSR count). The minimum atomic E-state index is -4.75. The molecule has 2 amide bonds. The molecule has 2 atom stereocenters. The number of anilines is 1. The molecule has 47 heavy (non-hydrogen) atoms. The number of aliphatic hydroxyl groups excluding tert-OH is 1. The molecule has 2 unspecified atom stereocenters. The number of aromatic nitrogens is 3. The monoisotopic (exact) mass is 666 g/mol. The SMILES string of the molecule is Cc1ccc(C(C)C)c(N2/C(=N/C(=O)NC(C)CCCc3cccc(-c4ncn(-c5ccc(OC(F)(F)F)cc5)n4)c3)SCC2O)c1. The number of aliphatic imine (C=N–C) groups is 1. The van der Waals surface area contributed by atoms with Crippen molar-refractivity contribution in [1.29, 1.82) is 0 Å². The van der Waals surface area contributed by atoms with Crippen LogP contribution in [0.25, 0.3) is 17.1 Å². The summed E-state index contributed by atoms with van der Waals surface area (Å²) in [6.07, 6.45) is -1.70. The maximum atomic E-state index is 12.9. The number of hydrogen-bond acceptors (Lipinski definition) is 6. The molecular formula is C34H37F3N6O3S. The van der Waals surface area contributed by atoms with Gasteiger partial charge in [0.2, 0.25) is 0 Å². The Labute approximate surface area is 275 Å². The van der Waals surface area contributed by atoms with Crippen molar-refractivity contribution < 1.29 is 27.8 Å². The number of benzene rings is 3. The number of halogens is 3. The van der Waals surface area contributed by atoms with Gasteiger partial charge in [-0.2, -0.15) is 4.99 Å². The Balaban J connectivity index is 1.15. The van der Waals surface area contributed by atoms with Crippen LogP contribution in [0, 0.1) is 6.92 Å². The van der Waals surface area contributed by atoms with Crippen LogP contribution in [0.15, 0.2) is 78.0 Å². The Hall–Kier alpha value is -4.36. The second kappa shape index (κ2) is 14.6. The number of nitrogens with one attached hydrogen (secondary N) is 1. The molecule has 2 N–H and O–H groups in total. The van der Waals surface area contributed by atoms with Crippen LogP contribution >= 0.6 is 11.8 Å². The Bertz CT molecular complexity index is 1720. The zero-order valence-electron chi connectivity index (χ0n) is 26.5. The van der Waals surface area contributed by atoms with E-state index in [9.17, 15) is 23.1 Å². The average molecular weight is 667 g/mol. The highest BCUT2D eigenvalue weighted by Gasteiger charge is 2.33. The zero-order valence-corrected chi connectivity index (χ0v) is 27.3. The molecule has 2 heterocycles. The lowest BCUT2D eigenvalue weighted by atomic mass is 9.98. The first-order valence-corrected chi connectivity index (χ1v) is 16.3. The van der Waals surface area contributed by atoms with Crippen LogP contribution in [-0.2, 0) is 6.42 Å². The maximum absolute atomic E-state index is 12.9. The van der Waals surface area contributed by atoms with Crippen molar-refractivity contribution >= 4 is 28.6 Å². The van der Waals surface area contributed by atoms with Gasteiger partial charge in [0.15, 0.2) is 11.0 Å². The van der Waals surface area contributed by atoms with Gasteiger partial charge in [-0.3, -0.25) is 4.90 Å². The van der Waals surface area contributed by atoms with Gasteiger partial charge in [0.25, 0.3) is 0 Å². The molecule has 1 aliphatic heterocycles. The van der Waals surface area contributed by atoms with Gasteiger partial charge in [-0.1, -0.05) is 55.9 Å². The van der Waals surface area contributed by atoms with E-state index in [0.717, 1.165) is 47.2 Å².